The molecule has 118 valence electrons. The molecule has 0 fully saturated rings. The quantitative estimate of drug-likeness (QED) is 0.821. The zero-order valence-corrected chi connectivity index (χ0v) is 14.2. The van der Waals surface area contributed by atoms with Crippen molar-refractivity contribution in [2.75, 3.05) is 6.54 Å². The van der Waals surface area contributed by atoms with Gasteiger partial charge in [0.15, 0.2) is 0 Å². The number of rotatable bonds is 6. The highest BCUT2D eigenvalue weighted by molar-refractivity contribution is 7.89. The molecule has 1 aromatic carbocycles. The lowest BCUT2D eigenvalue weighted by molar-refractivity contribution is 0.465. The fraction of sp³-hybridized carbons (Fsp3) is 0.462. The molecule has 3 N–H and O–H groups in total. The highest BCUT2D eigenvalue weighted by Gasteiger charge is 2.24. The van der Waals surface area contributed by atoms with Crippen molar-refractivity contribution in [3.63, 3.8) is 0 Å². The minimum Gasteiger partial charge on any atom is -0.329 e. The fourth-order valence-electron chi connectivity index (χ4n) is 1.88. The number of nitrogens with one attached hydrogen (secondary N) is 1. The second-order valence-corrected chi connectivity index (χ2v) is 7.00. The van der Waals surface area contributed by atoms with Crippen LogP contribution in [0.4, 0.5) is 0 Å². The summed E-state index contributed by atoms with van der Waals surface area (Å²) in [4.78, 5) is -0.116. The first-order valence-electron chi connectivity index (χ1n) is 6.22. The van der Waals surface area contributed by atoms with E-state index in [0.717, 1.165) is 0 Å². The van der Waals surface area contributed by atoms with Gasteiger partial charge in [0.25, 0.3) is 0 Å². The molecule has 0 spiro atoms. The Morgan fingerprint density at radius 3 is 2.52 bits per heavy atom. The molecule has 0 amide bonds. The number of hydrogen-bond acceptors (Lipinski definition) is 4. The summed E-state index contributed by atoms with van der Waals surface area (Å²) >= 11 is 5.85. The minimum atomic E-state index is -3.82. The molecule has 0 heterocycles. The summed E-state index contributed by atoms with van der Waals surface area (Å²) in [6.07, 6.45) is 0.623. The Hall–Kier alpha value is -0.840. The van der Waals surface area contributed by atoms with Crippen molar-refractivity contribution in [2.24, 2.45) is 11.7 Å². The smallest absolute Gasteiger partial charge is 0.242 e. The molecule has 0 saturated carbocycles. The maximum absolute atomic E-state index is 12.3. The number of hydrogen-bond donors (Lipinski definition) is 2. The molecule has 0 aliphatic carbocycles. The third-order valence-corrected chi connectivity index (χ3v) is 4.62. The Labute approximate surface area is 136 Å². The van der Waals surface area contributed by atoms with Crippen LogP contribution < -0.4 is 10.5 Å². The molecule has 1 rings (SSSR count). The van der Waals surface area contributed by atoms with Crippen LogP contribution in [0.1, 0.15) is 25.8 Å². The van der Waals surface area contributed by atoms with Crippen molar-refractivity contribution in [2.45, 2.75) is 31.2 Å². The Balaban J connectivity index is 0.00000400. The summed E-state index contributed by atoms with van der Waals surface area (Å²) in [5.41, 5.74) is 5.54. The molecule has 0 saturated heterocycles. The van der Waals surface area contributed by atoms with Crippen LogP contribution in [0.15, 0.2) is 23.1 Å². The molecule has 8 heteroatoms. The average Bonchev–Trinajstić information content (AvgIpc) is 2.36. The maximum Gasteiger partial charge on any atom is 0.242 e. The molecule has 1 unspecified atom stereocenters. The summed E-state index contributed by atoms with van der Waals surface area (Å²) in [5, 5.41) is 9.16. The number of nitriles is 1. The number of benzene rings is 1. The Kier molecular flexibility index (Phi) is 8.22. The van der Waals surface area contributed by atoms with Gasteiger partial charge in [-0.15, -0.1) is 12.4 Å². The maximum atomic E-state index is 12.3. The molecular formula is C13H19Cl2N3O2S. The second kappa shape index (κ2) is 8.57. The van der Waals surface area contributed by atoms with Crippen molar-refractivity contribution >= 4 is 34.0 Å². The van der Waals surface area contributed by atoms with Crippen molar-refractivity contribution in [1.29, 1.82) is 5.26 Å². The standard InChI is InChI=1S/C13H18ClN3O2S.ClH/c1-9(2)6-10(7-15)17-20(18,19)13-5-3-4-12(14)11(13)8-16;/h3-5,9-10,17H,6-7,15H2,1-2H3;1H. The van der Waals surface area contributed by atoms with E-state index >= 15 is 0 Å². The zero-order chi connectivity index (χ0) is 15.3. The Morgan fingerprint density at radius 2 is 2.05 bits per heavy atom. The number of nitrogens with zero attached hydrogens (tertiary/aromatic N) is 1. The van der Waals surface area contributed by atoms with Crippen LogP contribution in [-0.4, -0.2) is 21.0 Å². The number of halogens is 2. The summed E-state index contributed by atoms with van der Waals surface area (Å²) < 4.78 is 27.2. The topological polar surface area (TPSA) is 96.0 Å². The van der Waals surface area contributed by atoms with Crippen LogP contribution in [0.25, 0.3) is 0 Å². The van der Waals surface area contributed by atoms with Gasteiger partial charge < -0.3 is 5.73 Å². The van der Waals surface area contributed by atoms with Crippen LogP contribution in [0.2, 0.25) is 5.02 Å². The average molecular weight is 352 g/mol. The van der Waals surface area contributed by atoms with Gasteiger partial charge >= 0.3 is 0 Å². The largest absolute Gasteiger partial charge is 0.329 e. The van der Waals surface area contributed by atoms with Crippen molar-refractivity contribution < 1.29 is 8.42 Å². The van der Waals surface area contributed by atoms with Gasteiger partial charge in [0.1, 0.15) is 11.0 Å². The van der Waals surface area contributed by atoms with Crippen molar-refractivity contribution in [3.05, 3.63) is 28.8 Å². The molecule has 1 aromatic rings. The van der Waals surface area contributed by atoms with Crippen molar-refractivity contribution in [1.82, 2.24) is 4.72 Å². The number of sulfonamides is 1. The molecule has 0 radical (unpaired) electrons. The van der Waals surface area contributed by atoms with E-state index in [-0.39, 0.29) is 40.5 Å². The molecule has 0 aliphatic rings. The zero-order valence-electron chi connectivity index (χ0n) is 11.8. The lowest BCUT2D eigenvalue weighted by Gasteiger charge is -2.19. The molecule has 21 heavy (non-hydrogen) atoms. The molecule has 5 nitrogen and oxygen atoms in total. The van der Waals surface area contributed by atoms with Crippen LogP contribution >= 0.6 is 24.0 Å². The first-order valence-corrected chi connectivity index (χ1v) is 8.09. The van der Waals surface area contributed by atoms with Crippen molar-refractivity contribution in [3.8, 4) is 6.07 Å². The second-order valence-electron chi connectivity index (χ2n) is 4.91. The van der Waals surface area contributed by atoms with E-state index in [1.54, 1.807) is 0 Å². The molecule has 0 aliphatic heterocycles. The highest BCUT2D eigenvalue weighted by Crippen LogP contribution is 2.23. The Morgan fingerprint density at radius 1 is 1.43 bits per heavy atom. The van der Waals surface area contributed by atoms with Gasteiger partial charge in [0.05, 0.1) is 10.6 Å². The van der Waals surface area contributed by atoms with E-state index in [2.05, 4.69) is 4.72 Å². The predicted molar refractivity (Wildman–Crippen MR) is 86.0 cm³/mol. The molecule has 0 bridgehead atoms. The summed E-state index contributed by atoms with van der Waals surface area (Å²) in [6, 6.07) is 5.78. The van der Waals surface area contributed by atoms with E-state index in [1.165, 1.54) is 18.2 Å². The van der Waals surface area contributed by atoms with E-state index in [0.29, 0.717) is 12.3 Å². The van der Waals surface area contributed by atoms with E-state index < -0.39 is 10.0 Å². The SMILES string of the molecule is CC(C)CC(CN)NS(=O)(=O)c1cccc(Cl)c1C#N.Cl. The monoisotopic (exact) mass is 351 g/mol. The first-order chi connectivity index (χ1) is 9.31. The highest BCUT2D eigenvalue weighted by atomic mass is 35.5. The molecular weight excluding hydrogens is 333 g/mol. The molecule has 0 aromatic heterocycles. The van der Waals surface area contributed by atoms with Gasteiger partial charge in [0.2, 0.25) is 10.0 Å². The van der Waals surface area contributed by atoms with Gasteiger partial charge in [-0.2, -0.15) is 5.26 Å². The van der Waals surface area contributed by atoms with Gasteiger partial charge in [-0.05, 0) is 24.5 Å². The van der Waals surface area contributed by atoms with Gasteiger partial charge in [-0.25, -0.2) is 13.1 Å². The van der Waals surface area contributed by atoms with Gasteiger partial charge in [0, 0.05) is 12.6 Å². The van der Waals surface area contributed by atoms with Crippen LogP contribution in [0.3, 0.4) is 0 Å². The normalized spacial score (nSPS) is 12.6. The lowest BCUT2D eigenvalue weighted by Crippen LogP contribution is -2.41. The third-order valence-electron chi connectivity index (χ3n) is 2.74. The van der Waals surface area contributed by atoms with Crippen LogP contribution in [-0.2, 0) is 10.0 Å². The number of nitrogens with two attached hydrogens (primary N) is 1. The molecule has 1 atom stereocenters. The van der Waals surface area contributed by atoms with Crippen LogP contribution in [0, 0.1) is 17.2 Å². The van der Waals surface area contributed by atoms with E-state index in [1.807, 2.05) is 19.9 Å². The van der Waals surface area contributed by atoms with Gasteiger partial charge in [-0.1, -0.05) is 31.5 Å². The third kappa shape index (κ3) is 5.46. The first kappa shape index (κ1) is 20.2. The van der Waals surface area contributed by atoms with E-state index in [4.69, 9.17) is 22.6 Å². The van der Waals surface area contributed by atoms with Gasteiger partial charge in [-0.3, -0.25) is 0 Å². The summed E-state index contributed by atoms with van der Waals surface area (Å²) in [7, 11) is -3.82. The van der Waals surface area contributed by atoms with Crippen LogP contribution in [0.5, 0.6) is 0 Å². The minimum absolute atomic E-state index is 0. The summed E-state index contributed by atoms with van der Waals surface area (Å²) in [6.45, 7) is 4.16. The van der Waals surface area contributed by atoms with E-state index in [9.17, 15) is 8.42 Å². The lowest BCUT2D eigenvalue weighted by atomic mass is 10.1. The summed E-state index contributed by atoms with van der Waals surface area (Å²) in [5.74, 6) is 0.307. The Bertz CT molecular complexity index is 612. The predicted octanol–water partition coefficient (Wildman–Crippen LogP) is 2.29. The fourth-order valence-corrected chi connectivity index (χ4v) is 3.59.